The highest BCUT2D eigenvalue weighted by Gasteiger charge is 2.22. The minimum Gasteiger partial charge on any atom is -0.465 e. The zero-order chi connectivity index (χ0) is 14.5. The molecule has 0 spiro atoms. The Morgan fingerprint density at radius 3 is 2.75 bits per heavy atom. The number of nitrogens with zero attached hydrogens (tertiary/aromatic N) is 3. The second kappa shape index (κ2) is 6.18. The van der Waals surface area contributed by atoms with Crippen LogP contribution in [-0.2, 0) is 0 Å². The Morgan fingerprint density at radius 1 is 1.45 bits per heavy atom. The number of hydrogen-bond acceptors (Lipinski definition) is 5. The molecule has 2 heterocycles. The van der Waals surface area contributed by atoms with Crippen molar-refractivity contribution < 1.29 is 14.7 Å². The summed E-state index contributed by atoms with van der Waals surface area (Å²) in [6, 6.07) is 1.50. The van der Waals surface area contributed by atoms with Crippen molar-refractivity contribution in [2.75, 3.05) is 25.4 Å². The van der Waals surface area contributed by atoms with Gasteiger partial charge < -0.3 is 21.1 Å². The van der Waals surface area contributed by atoms with Crippen LogP contribution in [-0.4, -0.2) is 51.6 Å². The molecular weight excluding hydrogens is 262 g/mol. The summed E-state index contributed by atoms with van der Waals surface area (Å²) in [4.78, 5) is 31.6. The van der Waals surface area contributed by atoms with Crippen molar-refractivity contribution in [2.45, 2.75) is 12.8 Å². The normalized spacial score (nSPS) is 15.9. The van der Waals surface area contributed by atoms with Crippen LogP contribution in [0, 0.1) is 5.92 Å². The van der Waals surface area contributed by atoms with E-state index in [2.05, 4.69) is 15.3 Å². The molecule has 1 saturated heterocycles. The fraction of sp³-hybridized carbons (Fsp3) is 0.500. The molecule has 2 rings (SSSR count). The molecule has 4 N–H and O–H groups in total. The van der Waals surface area contributed by atoms with Gasteiger partial charge in [-0.05, 0) is 24.8 Å². The number of rotatable bonds is 3. The van der Waals surface area contributed by atoms with E-state index in [1.54, 1.807) is 0 Å². The number of nitrogen functional groups attached to an aromatic ring is 1. The van der Waals surface area contributed by atoms with Crippen molar-refractivity contribution in [1.29, 1.82) is 0 Å². The third-order valence-electron chi connectivity index (χ3n) is 3.34. The monoisotopic (exact) mass is 279 g/mol. The lowest BCUT2D eigenvalue weighted by atomic mass is 9.97. The lowest BCUT2D eigenvalue weighted by Crippen LogP contribution is -2.41. The van der Waals surface area contributed by atoms with Gasteiger partial charge >= 0.3 is 6.09 Å². The van der Waals surface area contributed by atoms with Crippen LogP contribution in [0.15, 0.2) is 12.3 Å². The number of carboxylic acid groups (broad SMARTS) is 1. The Kier molecular flexibility index (Phi) is 4.34. The van der Waals surface area contributed by atoms with Gasteiger partial charge in [0.1, 0.15) is 5.69 Å². The number of hydrogen-bond donors (Lipinski definition) is 3. The molecule has 0 aliphatic carbocycles. The standard InChI is InChI=1S/C12H17N5O3/c13-11-14-4-1-9(16-11)10(18)15-7-8-2-5-17(6-3-8)12(19)20/h1,4,8H,2-3,5-7H2,(H,15,18)(H,19,20)(H2,13,14,16). The topological polar surface area (TPSA) is 121 Å². The average Bonchev–Trinajstić information content (AvgIpc) is 2.45. The fourth-order valence-corrected chi connectivity index (χ4v) is 2.16. The molecule has 0 bridgehead atoms. The summed E-state index contributed by atoms with van der Waals surface area (Å²) in [7, 11) is 0. The number of nitrogens with two attached hydrogens (primary N) is 1. The van der Waals surface area contributed by atoms with Crippen molar-refractivity contribution >= 4 is 17.9 Å². The number of piperidine rings is 1. The quantitative estimate of drug-likeness (QED) is 0.725. The summed E-state index contributed by atoms with van der Waals surface area (Å²) in [5, 5.41) is 11.6. The molecule has 0 radical (unpaired) electrons. The molecule has 20 heavy (non-hydrogen) atoms. The molecule has 0 saturated carbocycles. The number of amides is 2. The van der Waals surface area contributed by atoms with E-state index in [1.807, 2.05) is 0 Å². The molecule has 1 aliphatic rings. The van der Waals surface area contributed by atoms with Gasteiger partial charge in [0, 0.05) is 25.8 Å². The van der Waals surface area contributed by atoms with Crippen molar-refractivity contribution in [1.82, 2.24) is 20.2 Å². The van der Waals surface area contributed by atoms with E-state index in [0.717, 1.165) is 12.8 Å². The first-order chi connectivity index (χ1) is 9.56. The highest BCUT2D eigenvalue weighted by molar-refractivity contribution is 5.92. The molecule has 1 aromatic heterocycles. The van der Waals surface area contributed by atoms with E-state index in [9.17, 15) is 9.59 Å². The SMILES string of the molecule is Nc1nccc(C(=O)NCC2CCN(C(=O)O)CC2)n1. The summed E-state index contributed by atoms with van der Waals surface area (Å²) in [5.74, 6) is 0.0564. The summed E-state index contributed by atoms with van der Waals surface area (Å²) >= 11 is 0. The molecule has 2 amide bonds. The number of anilines is 1. The largest absolute Gasteiger partial charge is 0.465 e. The number of likely N-dealkylation sites (tertiary alicyclic amines) is 1. The summed E-state index contributed by atoms with van der Waals surface area (Å²) < 4.78 is 0. The van der Waals surface area contributed by atoms with Gasteiger partial charge in [-0.3, -0.25) is 4.79 Å². The van der Waals surface area contributed by atoms with Crippen LogP contribution in [0.3, 0.4) is 0 Å². The third-order valence-corrected chi connectivity index (χ3v) is 3.34. The van der Waals surface area contributed by atoms with E-state index in [4.69, 9.17) is 10.8 Å². The maximum Gasteiger partial charge on any atom is 0.407 e. The molecule has 1 aliphatic heterocycles. The van der Waals surface area contributed by atoms with Gasteiger partial charge in [-0.25, -0.2) is 14.8 Å². The molecule has 108 valence electrons. The smallest absolute Gasteiger partial charge is 0.407 e. The Balaban J connectivity index is 1.79. The number of carbonyl (C=O) groups is 2. The van der Waals surface area contributed by atoms with Crippen LogP contribution in [0.5, 0.6) is 0 Å². The van der Waals surface area contributed by atoms with Crippen LogP contribution in [0.2, 0.25) is 0 Å². The van der Waals surface area contributed by atoms with Gasteiger partial charge in [-0.15, -0.1) is 0 Å². The van der Waals surface area contributed by atoms with Gasteiger partial charge in [0.2, 0.25) is 5.95 Å². The van der Waals surface area contributed by atoms with E-state index < -0.39 is 6.09 Å². The Hall–Kier alpha value is -2.38. The van der Waals surface area contributed by atoms with Crippen molar-refractivity contribution in [2.24, 2.45) is 5.92 Å². The van der Waals surface area contributed by atoms with E-state index in [-0.39, 0.29) is 23.5 Å². The first kappa shape index (κ1) is 14.0. The highest BCUT2D eigenvalue weighted by Crippen LogP contribution is 2.16. The second-order valence-electron chi connectivity index (χ2n) is 4.72. The molecule has 1 fully saturated rings. The molecule has 0 atom stereocenters. The van der Waals surface area contributed by atoms with Gasteiger partial charge in [-0.2, -0.15) is 0 Å². The molecule has 0 aromatic carbocycles. The molecule has 0 unspecified atom stereocenters. The van der Waals surface area contributed by atoms with Gasteiger partial charge in [0.15, 0.2) is 0 Å². The predicted octanol–water partition coefficient (Wildman–Crippen LogP) is 0.179. The second-order valence-corrected chi connectivity index (χ2v) is 4.72. The third kappa shape index (κ3) is 3.56. The first-order valence-electron chi connectivity index (χ1n) is 6.41. The highest BCUT2D eigenvalue weighted by atomic mass is 16.4. The van der Waals surface area contributed by atoms with Crippen molar-refractivity contribution in [3.8, 4) is 0 Å². The number of nitrogens with one attached hydrogen (secondary N) is 1. The maximum atomic E-state index is 11.9. The number of aromatic nitrogens is 2. The zero-order valence-corrected chi connectivity index (χ0v) is 11.0. The summed E-state index contributed by atoms with van der Waals surface area (Å²) in [6.07, 6.45) is 2.04. The van der Waals surface area contributed by atoms with Crippen molar-refractivity contribution in [3.63, 3.8) is 0 Å². The minimum absolute atomic E-state index is 0.0624. The van der Waals surface area contributed by atoms with Gasteiger partial charge in [-0.1, -0.05) is 0 Å². The zero-order valence-electron chi connectivity index (χ0n) is 11.0. The fourth-order valence-electron chi connectivity index (χ4n) is 2.16. The van der Waals surface area contributed by atoms with Crippen LogP contribution in [0.25, 0.3) is 0 Å². The minimum atomic E-state index is -0.885. The average molecular weight is 279 g/mol. The Bertz CT molecular complexity index is 500. The van der Waals surface area contributed by atoms with Gasteiger partial charge in [0.05, 0.1) is 0 Å². The molecular formula is C12H17N5O3. The van der Waals surface area contributed by atoms with E-state index >= 15 is 0 Å². The Labute approximate surface area is 116 Å². The van der Waals surface area contributed by atoms with E-state index in [1.165, 1.54) is 17.2 Å². The lowest BCUT2D eigenvalue weighted by molar-refractivity contribution is 0.0924. The van der Waals surface area contributed by atoms with Crippen LogP contribution >= 0.6 is 0 Å². The van der Waals surface area contributed by atoms with Crippen LogP contribution in [0.1, 0.15) is 23.3 Å². The Morgan fingerprint density at radius 2 is 2.15 bits per heavy atom. The maximum absolute atomic E-state index is 11.9. The van der Waals surface area contributed by atoms with Crippen molar-refractivity contribution in [3.05, 3.63) is 18.0 Å². The molecule has 8 heteroatoms. The summed E-state index contributed by atoms with van der Waals surface area (Å²) in [5.41, 5.74) is 5.65. The molecule has 1 aromatic rings. The summed E-state index contributed by atoms with van der Waals surface area (Å²) in [6.45, 7) is 1.53. The van der Waals surface area contributed by atoms with Crippen LogP contribution in [0.4, 0.5) is 10.7 Å². The first-order valence-corrected chi connectivity index (χ1v) is 6.41. The van der Waals surface area contributed by atoms with Crippen LogP contribution < -0.4 is 11.1 Å². The lowest BCUT2D eigenvalue weighted by Gasteiger charge is -2.29. The molecule has 8 nitrogen and oxygen atoms in total. The van der Waals surface area contributed by atoms with E-state index in [0.29, 0.717) is 19.6 Å². The van der Waals surface area contributed by atoms with Gasteiger partial charge in [0.25, 0.3) is 5.91 Å². The predicted molar refractivity (Wildman–Crippen MR) is 71.1 cm³/mol. The number of carbonyl (C=O) groups excluding carboxylic acids is 1.